The third-order valence-corrected chi connectivity index (χ3v) is 4.11. The number of likely N-dealkylation sites (N-methyl/N-ethyl adjacent to an activating group) is 1. The molecular formula is C15H20BrN3O2. The zero-order chi connectivity index (χ0) is 15.4. The third-order valence-electron chi connectivity index (χ3n) is 3.50. The smallest absolute Gasteiger partial charge is 0.160 e. The molecule has 0 amide bonds. The van der Waals surface area contributed by atoms with Crippen molar-refractivity contribution in [2.75, 3.05) is 21.3 Å². The molecule has 0 saturated carbocycles. The number of methoxy groups -OCH3 is 2. The molecule has 0 spiro atoms. The maximum absolute atomic E-state index is 5.36. The molecule has 0 aliphatic rings. The van der Waals surface area contributed by atoms with E-state index < -0.39 is 0 Å². The van der Waals surface area contributed by atoms with Crippen LogP contribution < -0.4 is 14.8 Å². The second-order valence-electron chi connectivity index (χ2n) is 4.74. The lowest BCUT2D eigenvalue weighted by molar-refractivity contribution is 0.354. The summed E-state index contributed by atoms with van der Waals surface area (Å²) in [5, 5.41) is 7.61. The second kappa shape index (κ2) is 6.95. The molecule has 2 aromatic rings. The van der Waals surface area contributed by atoms with Crippen LogP contribution in [-0.2, 0) is 13.5 Å². The topological polar surface area (TPSA) is 48.3 Å². The molecule has 0 fully saturated rings. The van der Waals surface area contributed by atoms with Gasteiger partial charge in [-0.3, -0.25) is 4.68 Å². The van der Waals surface area contributed by atoms with Gasteiger partial charge in [0.05, 0.1) is 36.6 Å². The van der Waals surface area contributed by atoms with Crippen LogP contribution in [0, 0.1) is 0 Å². The Morgan fingerprint density at radius 1 is 1.29 bits per heavy atom. The molecule has 5 nitrogen and oxygen atoms in total. The zero-order valence-corrected chi connectivity index (χ0v) is 14.3. The summed E-state index contributed by atoms with van der Waals surface area (Å²) in [6.07, 6.45) is 2.64. The molecule has 1 atom stereocenters. The Kier molecular flexibility index (Phi) is 5.25. The van der Waals surface area contributed by atoms with Crippen LogP contribution in [0.15, 0.2) is 28.9 Å². The highest BCUT2D eigenvalue weighted by molar-refractivity contribution is 9.10. The number of hydrogen-bond acceptors (Lipinski definition) is 4. The van der Waals surface area contributed by atoms with Crippen LogP contribution in [-0.4, -0.2) is 31.0 Å². The lowest BCUT2D eigenvalue weighted by atomic mass is 10.0. The SMILES string of the molecule is CNC(Cc1ccc(OC)c(OC)c1)c1c(Br)cnn1C. The van der Waals surface area contributed by atoms with E-state index in [1.165, 1.54) is 5.56 Å². The van der Waals surface area contributed by atoms with Crippen molar-refractivity contribution in [2.45, 2.75) is 12.5 Å². The molecule has 0 saturated heterocycles. The molecule has 114 valence electrons. The van der Waals surface area contributed by atoms with Gasteiger partial charge in [0.25, 0.3) is 0 Å². The molecule has 0 aliphatic carbocycles. The Hall–Kier alpha value is -1.53. The van der Waals surface area contributed by atoms with E-state index in [-0.39, 0.29) is 6.04 Å². The molecule has 1 heterocycles. The van der Waals surface area contributed by atoms with Crippen LogP contribution in [0.25, 0.3) is 0 Å². The van der Waals surface area contributed by atoms with Gasteiger partial charge in [-0.05, 0) is 47.1 Å². The van der Waals surface area contributed by atoms with E-state index in [9.17, 15) is 0 Å². The minimum Gasteiger partial charge on any atom is -0.493 e. The van der Waals surface area contributed by atoms with E-state index in [0.717, 1.165) is 28.1 Å². The summed E-state index contributed by atoms with van der Waals surface area (Å²) < 4.78 is 13.5. The van der Waals surface area contributed by atoms with Gasteiger partial charge in [-0.1, -0.05) is 6.07 Å². The van der Waals surface area contributed by atoms with Crippen molar-refractivity contribution in [3.8, 4) is 11.5 Å². The van der Waals surface area contributed by atoms with Crippen molar-refractivity contribution in [2.24, 2.45) is 7.05 Å². The minimum atomic E-state index is 0.157. The van der Waals surface area contributed by atoms with Gasteiger partial charge in [-0.2, -0.15) is 5.10 Å². The number of aryl methyl sites for hydroxylation is 1. The van der Waals surface area contributed by atoms with E-state index in [0.29, 0.717) is 0 Å². The first-order chi connectivity index (χ1) is 10.1. The molecule has 1 unspecified atom stereocenters. The highest BCUT2D eigenvalue weighted by Gasteiger charge is 2.18. The van der Waals surface area contributed by atoms with Gasteiger partial charge in [0, 0.05) is 7.05 Å². The number of benzene rings is 1. The molecule has 6 heteroatoms. The number of rotatable bonds is 6. The van der Waals surface area contributed by atoms with Crippen LogP contribution in [0.3, 0.4) is 0 Å². The summed E-state index contributed by atoms with van der Waals surface area (Å²) in [5.74, 6) is 1.48. The average molecular weight is 354 g/mol. The lowest BCUT2D eigenvalue weighted by Crippen LogP contribution is -2.22. The van der Waals surface area contributed by atoms with Gasteiger partial charge in [0.15, 0.2) is 11.5 Å². The Labute approximate surface area is 133 Å². The molecule has 21 heavy (non-hydrogen) atoms. The van der Waals surface area contributed by atoms with Crippen molar-refractivity contribution in [3.63, 3.8) is 0 Å². The Bertz CT molecular complexity index is 593. The van der Waals surface area contributed by atoms with E-state index in [1.54, 1.807) is 14.2 Å². The molecule has 0 bridgehead atoms. The lowest BCUT2D eigenvalue weighted by Gasteiger charge is -2.18. The molecule has 1 aromatic heterocycles. The van der Waals surface area contributed by atoms with Crippen LogP contribution in [0.4, 0.5) is 0 Å². The summed E-state index contributed by atoms with van der Waals surface area (Å²) in [5.41, 5.74) is 2.28. The van der Waals surface area contributed by atoms with Gasteiger partial charge in [-0.25, -0.2) is 0 Å². The van der Waals surface area contributed by atoms with Crippen molar-refractivity contribution in [1.82, 2.24) is 15.1 Å². The molecular weight excluding hydrogens is 334 g/mol. The average Bonchev–Trinajstić information content (AvgIpc) is 2.83. The molecule has 1 N–H and O–H groups in total. The Morgan fingerprint density at radius 3 is 2.52 bits per heavy atom. The highest BCUT2D eigenvalue weighted by Crippen LogP contribution is 2.30. The maximum atomic E-state index is 5.36. The van der Waals surface area contributed by atoms with Crippen LogP contribution in [0.1, 0.15) is 17.3 Å². The predicted molar refractivity (Wildman–Crippen MR) is 86.0 cm³/mol. The first-order valence-electron chi connectivity index (χ1n) is 6.66. The zero-order valence-electron chi connectivity index (χ0n) is 12.7. The Morgan fingerprint density at radius 2 is 2.00 bits per heavy atom. The number of ether oxygens (including phenoxy) is 2. The number of hydrogen-bond donors (Lipinski definition) is 1. The summed E-state index contributed by atoms with van der Waals surface area (Å²) >= 11 is 3.55. The number of halogens is 1. The fourth-order valence-corrected chi connectivity index (χ4v) is 3.02. The fraction of sp³-hybridized carbons (Fsp3) is 0.400. The summed E-state index contributed by atoms with van der Waals surface area (Å²) in [6.45, 7) is 0. The quantitative estimate of drug-likeness (QED) is 0.867. The van der Waals surface area contributed by atoms with E-state index in [2.05, 4.69) is 32.4 Å². The normalized spacial score (nSPS) is 12.2. The molecule has 0 aliphatic heterocycles. The molecule has 1 aromatic carbocycles. The monoisotopic (exact) mass is 353 g/mol. The van der Waals surface area contributed by atoms with E-state index in [4.69, 9.17) is 9.47 Å². The molecule has 2 rings (SSSR count). The minimum absolute atomic E-state index is 0.157. The van der Waals surface area contributed by atoms with Crippen LogP contribution >= 0.6 is 15.9 Å². The second-order valence-corrected chi connectivity index (χ2v) is 5.59. The number of aromatic nitrogens is 2. The number of nitrogens with one attached hydrogen (secondary N) is 1. The third kappa shape index (κ3) is 3.39. The summed E-state index contributed by atoms with van der Waals surface area (Å²) in [4.78, 5) is 0. The maximum Gasteiger partial charge on any atom is 0.160 e. The van der Waals surface area contributed by atoms with Crippen LogP contribution in [0.5, 0.6) is 11.5 Å². The number of nitrogens with zero attached hydrogens (tertiary/aromatic N) is 2. The molecule has 0 radical (unpaired) electrons. The van der Waals surface area contributed by atoms with E-state index >= 15 is 0 Å². The summed E-state index contributed by atoms with van der Waals surface area (Å²) in [6, 6.07) is 6.15. The highest BCUT2D eigenvalue weighted by atomic mass is 79.9. The largest absolute Gasteiger partial charge is 0.493 e. The van der Waals surface area contributed by atoms with Gasteiger partial charge in [0.2, 0.25) is 0 Å². The van der Waals surface area contributed by atoms with E-state index in [1.807, 2.05) is 37.1 Å². The summed E-state index contributed by atoms with van der Waals surface area (Å²) in [7, 11) is 7.18. The van der Waals surface area contributed by atoms with Crippen LogP contribution in [0.2, 0.25) is 0 Å². The van der Waals surface area contributed by atoms with Gasteiger partial charge in [-0.15, -0.1) is 0 Å². The van der Waals surface area contributed by atoms with Crippen molar-refractivity contribution >= 4 is 15.9 Å². The van der Waals surface area contributed by atoms with Gasteiger partial charge < -0.3 is 14.8 Å². The predicted octanol–water partition coefficient (Wildman–Crippen LogP) is 2.70. The first kappa shape index (κ1) is 15.9. The fourth-order valence-electron chi connectivity index (χ4n) is 2.39. The Balaban J connectivity index is 2.27. The van der Waals surface area contributed by atoms with Gasteiger partial charge in [0.1, 0.15) is 0 Å². The van der Waals surface area contributed by atoms with Gasteiger partial charge >= 0.3 is 0 Å². The van der Waals surface area contributed by atoms with Crippen molar-refractivity contribution in [3.05, 3.63) is 40.1 Å². The first-order valence-corrected chi connectivity index (χ1v) is 7.45. The van der Waals surface area contributed by atoms with Crippen molar-refractivity contribution < 1.29 is 9.47 Å². The van der Waals surface area contributed by atoms with Crippen molar-refractivity contribution in [1.29, 1.82) is 0 Å². The standard InChI is InChI=1S/C15H20BrN3O2/c1-17-12(15-11(16)9-18-19(15)2)7-10-5-6-13(20-3)14(8-10)21-4/h5-6,8-9,12,17H,7H2,1-4H3.